The van der Waals surface area contributed by atoms with Crippen LogP contribution in [0.1, 0.15) is 90.4 Å². The van der Waals surface area contributed by atoms with E-state index in [2.05, 4.69) is 34.5 Å². The molecule has 13 heterocycles. The van der Waals surface area contributed by atoms with E-state index in [1.165, 1.54) is 34.3 Å². The van der Waals surface area contributed by atoms with Crippen molar-refractivity contribution in [1.29, 1.82) is 0 Å². The monoisotopic (exact) mass is 1550 g/mol. The number of ether oxygens (including phenoxy) is 10. The van der Waals surface area contributed by atoms with Crippen LogP contribution in [0.4, 0.5) is 0 Å². The standard InChI is InChI=1S/2C9H18N2O3S.C9H18N2O2.C7H14N2O6S2.C5H11NO2S.C5H10O2S.C4H9NO3S.C4H9NO.C4H8O2/c12-15(13)6-3-10(4-7-15)8-11-2-1-5-14-9-11;12-15(13)7-6-14-9-11(15)8-10-4-2-1-3-5-10;1-3-10(8-12-5-1)7-11-4-2-6-13-9-11;10-16(11)3-1-14-6-8(16)5-9-7-15-2-4-17(9,12)13;1-6-4-2-3-5-9(6,7)8;6-8(7)4-2-1-3-5-8;1-4-5-9(6,7)3-2-8-4;2*1-2-5-4-6-3-1/h2*1-9H2;1-9H2;1-7H2;2-5H2,1H3;1-5H2;4-5H,2-3H2,1H3;5H,1-4H2;1-4H2. The van der Waals surface area contributed by atoms with Gasteiger partial charge < -0.3 is 47.4 Å². The zero-order valence-corrected chi connectivity index (χ0v) is 63.5. The van der Waals surface area contributed by atoms with Crippen molar-refractivity contribution < 1.29 is 106 Å². The molecule has 1 unspecified atom stereocenters. The minimum absolute atomic E-state index is 0.0807. The molecule has 35 nitrogen and oxygen atoms in total. The van der Waals surface area contributed by atoms with Gasteiger partial charge in [-0.3, -0.25) is 29.8 Å². The van der Waals surface area contributed by atoms with Gasteiger partial charge >= 0.3 is 0 Å². The number of sulfonamides is 5. The number of nitrogens with zero attached hydrogens (tertiary/aromatic N) is 9. The van der Waals surface area contributed by atoms with Gasteiger partial charge in [0.2, 0.25) is 50.1 Å². The third-order valence-electron chi connectivity index (χ3n) is 16.5. The van der Waals surface area contributed by atoms with Crippen molar-refractivity contribution in [3.63, 3.8) is 0 Å². The lowest BCUT2D eigenvalue weighted by Crippen LogP contribution is -2.51. The van der Waals surface area contributed by atoms with Gasteiger partial charge in [0.25, 0.3) is 0 Å². The first-order valence-corrected chi connectivity index (χ1v) is 45.8. The largest absolute Gasteiger partial charge is 0.366 e. The molecule has 13 aliphatic rings. The predicted molar refractivity (Wildman–Crippen MR) is 366 cm³/mol. The summed E-state index contributed by atoms with van der Waals surface area (Å²) in [6.45, 7) is 22.1. The van der Waals surface area contributed by atoms with Crippen LogP contribution in [-0.2, 0) is 117 Å². The summed E-state index contributed by atoms with van der Waals surface area (Å²) in [5.41, 5.74) is 0. The Morgan fingerprint density at radius 2 is 0.735 bits per heavy atom. The summed E-state index contributed by atoms with van der Waals surface area (Å²) in [6.07, 6.45) is 13.6. The summed E-state index contributed by atoms with van der Waals surface area (Å²) >= 11 is 0. The molecule has 0 bridgehead atoms. The zero-order chi connectivity index (χ0) is 71.2. The summed E-state index contributed by atoms with van der Waals surface area (Å²) < 4.78 is 215. The van der Waals surface area contributed by atoms with Crippen molar-refractivity contribution in [2.45, 2.75) is 96.6 Å². The second kappa shape index (κ2) is 46.7. The topological polar surface area (TPSA) is 385 Å². The molecule has 0 aromatic carbocycles. The molecule has 0 amide bonds. The molecule has 0 saturated carbocycles. The molecule has 0 aromatic heterocycles. The Bertz CT molecular complexity index is 2880. The van der Waals surface area contributed by atoms with Crippen LogP contribution in [0.2, 0.25) is 0 Å². The van der Waals surface area contributed by atoms with E-state index >= 15 is 0 Å². The van der Waals surface area contributed by atoms with Crippen LogP contribution < -0.4 is 10.0 Å². The molecule has 98 heavy (non-hydrogen) atoms. The van der Waals surface area contributed by atoms with Crippen molar-refractivity contribution in [1.82, 2.24) is 51.8 Å². The van der Waals surface area contributed by atoms with Gasteiger partial charge in [0.05, 0.1) is 145 Å². The zero-order valence-electron chi connectivity index (χ0n) is 57.7. The van der Waals surface area contributed by atoms with Crippen LogP contribution in [0.3, 0.4) is 0 Å². The highest BCUT2D eigenvalue weighted by atomic mass is 32.2. The maximum atomic E-state index is 11.7. The Balaban J connectivity index is 0.000000203. The number of nitrogens with one attached hydrogen (secondary N) is 2. The highest BCUT2D eigenvalue weighted by Crippen LogP contribution is 2.17. The molecule has 580 valence electrons. The maximum absolute atomic E-state index is 11.7. The lowest BCUT2D eigenvalue weighted by molar-refractivity contribution is -0.0963. The fourth-order valence-corrected chi connectivity index (χ4v) is 19.3. The second-order valence-electron chi connectivity index (χ2n) is 25.0. The lowest BCUT2D eigenvalue weighted by atomic mass is 10.1. The fraction of sp³-hybridized carbons (Fsp3) is 1.00. The summed E-state index contributed by atoms with van der Waals surface area (Å²) in [4.78, 5) is 11.3. The van der Waals surface area contributed by atoms with Gasteiger partial charge in [-0.2, -0.15) is 17.6 Å². The summed E-state index contributed by atoms with van der Waals surface area (Å²) in [7, 11) is -19.4. The third kappa shape index (κ3) is 37.7. The van der Waals surface area contributed by atoms with E-state index in [-0.39, 0.29) is 69.3 Å². The van der Waals surface area contributed by atoms with E-state index < -0.39 is 69.8 Å². The van der Waals surface area contributed by atoms with Crippen LogP contribution in [-0.4, -0.2) is 371 Å². The van der Waals surface area contributed by atoms with E-state index in [1.54, 1.807) is 14.0 Å². The molecule has 0 radical (unpaired) electrons. The smallest absolute Gasteiger partial charge is 0.219 e. The van der Waals surface area contributed by atoms with Gasteiger partial charge in [-0.15, -0.1) is 0 Å². The molecule has 13 fully saturated rings. The fourth-order valence-electron chi connectivity index (χ4n) is 10.7. The van der Waals surface area contributed by atoms with Gasteiger partial charge in [0, 0.05) is 72.7 Å². The minimum Gasteiger partial charge on any atom is -0.366 e. The van der Waals surface area contributed by atoms with E-state index in [9.17, 15) is 58.9 Å². The van der Waals surface area contributed by atoms with Crippen LogP contribution >= 0.6 is 0 Å². The summed E-state index contributed by atoms with van der Waals surface area (Å²) in [5.74, 6) is 1.76. The van der Waals surface area contributed by atoms with Gasteiger partial charge in [-0.25, -0.2) is 63.2 Å². The average Bonchev–Trinajstić information content (AvgIpc) is 0.822. The van der Waals surface area contributed by atoms with E-state index in [1.807, 2.05) is 0 Å². The molecule has 0 spiro atoms. The van der Waals surface area contributed by atoms with Gasteiger partial charge in [-0.1, -0.05) is 12.8 Å². The molecule has 0 aromatic rings. The molecule has 2 N–H and O–H groups in total. The van der Waals surface area contributed by atoms with Crippen LogP contribution in [0.15, 0.2) is 0 Å². The number of sulfone groups is 2. The summed E-state index contributed by atoms with van der Waals surface area (Å²) in [5, 5.41) is 3.06. The van der Waals surface area contributed by atoms with Crippen molar-refractivity contribution in [2.24, 2.45) is 0 Å². The minimum atomic E-state index is -3.43. The van der Waals surface area contributed by atoms with Crippen LogP contribution in [0, 0.1) is 0 Å². The first-order valence-electron chi connectivity index (χ1n) is 34.1. The third-order valence-corrected chi connectivity index (χ3v) is 28.3. The van der Waals surface area contributed by atoms with Crippen molar-refractivity contribution in [3.8, 4) is 0 Å². The number of hydrogen-bond donors (Lipinski definition) is 2. The molecule has 0 aliphatic carbocycles. The van der Waals surface area contributed by atoms with E-state index in [4.69, 9.17) is 47.4 Å². The summed E-state index contributed by atoms with van der Waals surface area (Å²) in [6, 6.07) is 0. The Labute approximate surface area is 585 Å². The average molecular weight is 1550 g/mol. The molecular weight excluding hydrogens is 1440 g/mol. The SMILES string of the molecule is C1CNCOC1.C1COCN(CN2CCCOC2)C1.C1COCOC1.CC1NS(=O)(=O)CCO1.CN1CCCCS1(=O)=O.O=S1(=O)CCCCC1.O=S1(=O)CCN(CN2CCCOC2)CC1.O=S1(=O)CCOCN1CN1CCCCC1.O=S1(=O)CCOCN1CN1COCCS1(=O)=O. The molecule has 1 atom stereocenters. The van der Waals surface area contributed by atoms with Crippen LogP contribution in [0.5, 0.6) is 0 Å². The maximum Gasteiger partial charge on any atom is 0.219 e. The van der Waals surface area contributed by atoms with Crippen molar-refractivity contribution in [3.05, 3.63) is 0 Å². The molecule has 13 rings (SSSR count). The number of rotatable bonds is 8. The highest BCUT2D eigenvalue weighted by Gasteiger charge is 2.35. The first kappa shape index (κ1) is 87.4. The molecular formula is C56H115N11O24S7. The van der Waals surface area contributed by atoms with Crippen LogP contribution in [0.25, 0.3) is 0 Å². The normalized spacial score (nSPS) is 28.7. The van der Waals surface area contributed by atoms with Gasteiger partial charge in [-0.05, 0) is 97.2 Å². The molecule has 13 saturated heterocycles. The lowest BCUT2D eigenvalue weighted by Gasteiger charge is -2.34. The van der Waals surface area contributed by atoms with Crippen molar-refractivity contribution in [2.75, 3.05) is 264 Å². The van der Waals surface area contributed by atoms with Gasteiger partial charge in [0.15, 0.2) is 9.84 Å². The molecule has 42 heteroatoms. The Kier molecular flexibility index (Phi) is 41.7. The Morgan fingerprint density at radius 3 is 1.06 bits per heavy atom. The predicted octanol–water partition coefficient (Wildman–Crippen LogP) is -1.87. The Morgan fingerprint density at radius 1 is 0.327 bits per heavy atom. The van der Waals surface area contributed by atoms with E-state index in [0.29, 0.717) is 81.8 Å². The van der Waals surface area contributed by atoms with Gasteiger partial charge in [0.1, 0.15) is 43.1 Å². The first-order chi connectivity index (χ1) is 46.6. The van der Waals surface area contributed by atoms with Crippen molar-refractivity contribution >= 4 is 69.8 Å². The number of piperidine rings is 1. The number of likely N-dealkylation sites (tertiary alicyclic amines) is 1. The number of hydrogen-bond acceptors (Lipinski definition) is 30. The second-order valence-corrected chi connectivity index (χ2v) is 39.9. The molecule has 13 aliphatic heterocycles. The van der Waals surface area contributed by atoms with E-state index in [0.717, 1.165) is 179 Å². The quantitative estimate of drug-likeness (QED) is 0.269. The Hall–Kier alpha value is -1.19. The highest BCUT2D eigenvalue weighted by molar-refractivity contribution is 7.92.